The van der Waals surface area contributed by atoms with E-state index in [-0.39, 0.29) is 29.3 Å². The summed E-state index contributed by atoms with van der Waals surface area (Å²) in [6.45, 7) is 4.19. The molecule has 0 aromatic carbocycles. The van der Waals surface area contributed by atoms with E-state index in [1.165, 1.54) is 18.6 Å². The monoisotopic (exact) mass is 406 g/mol. The summed E-state index contributed by atoms with van der Waals surface area (Å²) in [4.78, 5) is 27.1. The van der Waals surface area contributed by atoms with Crippen molar-refractivity contribution in [3.8, 4) is 0 Å². The zero-order valence-electron chi connectivity index (χ0n) is 15.7. The number of aryl methyl sites for hydroxylation is 1. The molecule has 0 bridgehead atoms. The molecular formula is C17H22N6O4S. The fourth-order valence-corrected chi connectivity index (χ4v) is 5.21. The zero-order chi connectivity index (χ0) is 19.9. The maximum absolute atomic E-state index is 12.9. The molecule has 0 radical (unpaired) electrons. The van der Waals surface area contributed by atoms with Gasteiger partial charge in [0, 0.05) is 31.5 Å². The van der Waals surface area contributed by atoms with E-state index < -0.39 is 15.4 Å². The molecule has 1 aliphatic carbocycles. The van der Waals surface area contributed by atoms with Crippen LogP contribution in [0.15, 0.2) is 23.1 Å². The summed E-state index contributed by atoms with van der Waals surface area (Å²) >= 11 is 0. The van der Waals surface area contributed by atoms with Crippen molar-refractivity contribution >= 4 is 15.9 Å². The third-order valence-corrected chi connectivity index (χ3v) is 7.08. The highest BCUT2D eigenvalue weighted by atomic mass is 32.2. The summed E-state index contributed by atoms with van der Waals surface area (Å²) in [6.07, 6.45) is 5.55. The van der Waals surface area contributed by atoms with Crippen molar-refractivity contribution in [3.63, 3.8) is 0 Å². The van der Waals surface area contributed by atoms with Crippen LogP contribution in [0.5, 0.6) is 0 Å². The summed E-state index contributed by atoms with van der Waals surface area (Å²) in [7, 11) is -3.33. The van der Waals surface area contributed by atoms with Gasteiger partial charge in [-0.25, -0.2) is 18.1 Å². The number of hydrogen-bond acceptors (Lipinski definition) is 8. The van der Waals surface area contributed by atoms with E-state index in [0.717, 1.165) is 0 Å². The van der Waals surface area contributed by atoms with Crippen LogP contribution in [0.4, 0.5) is 0 Å². The third kappa shape index (κ3) is 3.28. The topological polar surface area (TPSA) is 131 Å². The molecule has 1 saturated carbocycles. The molecule has 1 unspecified atom stereocenters. The van der Waals surface area contributed by atoms with Crippen molar-refractivity contribution in [2.45, 2.75) is 38.1 Å². The minimum Gasteiger partial charge on any atom is -0.339 e. The fraction of sp³-hybridized carbons (Fsp3) is 0.588. The van der Waals surface area contributed by atoms with Gasteiger partial charge in [0.05, 0.1) is 17.4 Å². The second kappa shape index (κ2) is 6.89. The molecule has 1 aliphatic heterocycles. The highest BCUT2D eigenvalue weighted by Crippen LogP contribution is 2.50. The largest absolute Gasteiger partial charge is 0.339 e. The second-order valence-corrected chi connectivity index (χ2v) is 9.48. The van der Waals surface area contributed by atoms with Crippen LogP contribution in [-0.2, 0) is 15.4 Å². The summed E-state index contributed by atoms with van der Waals surface area (Å²) in [5, 5.41) is 3.91. The average Bonchev–Trinajstić information content (AvgIpc) is 3.34. The molecule has 1 N–H and O–H groups in total. The van der Waals surface area contributed by atoms with Gasteiger partial charge in [-0.15, -0.1) is 0 Å². The van der Waals surface area contributed by atoms with E-state index in [1.807, 2.05) is 0 Å². The Labute approximate surface area is 162 Å². The van der Waals surface area contributed by atoms with Crippen LogP contribution in [0, 0.1) is 12.8 Å². The normalized spacial score (nSPS) is 27.1. The Balaban J connectivity index is 1.62. The van der Waals surface area contributed by atoms with E-state index in [9.17, 15) is 13.2 Å². The first-order chi connectivity index (χ1) is 13.3. The number of aromatic nitrogens is 4. The maximum Gasteiger partial charge on any atom is 0.274 e. The van der Waals surface area contributed by atoms with Crippen LogP contribution in [0.3, 0.4) is 0 Å². The zero-order valence-corrected chi connectivity index (χ0v) is 16.5. The molecule has 0 spiro atoms. The Morgan fingerprint density at radius 2 is 2.25 bits per heavy atom. The number of nitrogens with zero attached hydrogens (tertiary/aromatic N) is 5. The Hall–Kier alpha value is -2.40. The molecule has 2 aromatic heterocycles. The summed E-state index contributed by atoms with van der Waals surface area (Å²) in [5.41, 5.74) is -0.289. The fourth-order valence-electron chi connectivity index (χ4n) is 4.35. The van der Waals surface area contributed by atoms with Gasteiger partial charge in [0.15, 0.2) is 5.82 Å². The predicted octanol–water partition coefficient (Wildman–Crippen LogP) is 0.280. The number of amides is 1. The lowest BCUT2D eigenvalue weighted by Gasteiger charge is -2.25. The smallest absolute Gasteiger partial charge is 0.274 e. The molecule has 11 heteroatoms. The highest BCUT2D eigenvalue weighted by molar-refractivity contribution is 7.89. The summed E-state index contributed by atoms with van der Waals surface area (Å²) < 4.78 is 32.3. The van der Waals surface area contributed by atoms with Crippen LogP contribution in [0.1, 0.15) is 42.0 Å². The number of carbonyl (C=O) groups excluding carboxylic acids is 1. The van der Waals surface area contributed by atoms with E-state index in [0.29, 0.717) is 37.6 Å². The average molecular weight is 406 g/mol. The van der Waals surface area contributed by atoms with E-state index in [2.05, 4.69) is 24.8 Å². The van der Waals surface area contributed by atoms with Crippen LogP contribution < -0.4 is 4.72 Å². The van der Waals surface area contributed by atoms with Crippen LogP contribution in [0.2, 0.25) is 0 Å². The van der Waals surface area contributed by atoms with Gasteiger partial charge in [-0.05, 0) is 32.6 Å². The molecule has 4 rings (SSSR count). The van der Waals surface area contributed by atoms with Crippen LogP contribution >= 0.6 is 0 Å². The second-order valence-electron chi connectivity index (χ2n) is 7.43. The van der Waals surface area contributed by atoms with E-state index in [4.69, 9.17) is 4.52 Å². The van der Waals surface area contributed by atoms with Crippen LogP contribution in [0.25, 0.3) is 0 Å². The minimum absolute atomic E-state index is 0.0116. The van der Waals surface area contributed by atoms with Gasteiger partial charge in [-0.2, -0.15) is 4.98 Å². The quantitative estimate of drug-likeness (QED) is 0.749. The molecule has 3 atom stereocenters. The first-order valence-corrected chi connectivity index (χ1v) is 10.8. The van der Waals surface area contributed by atoms with Crippen molar-refractivity contribution in [2.75, 3.05) is 18.8 Å². The number of sulfonamides is 1. The van der Waals surface area contributed by atoms with E-state index >= 15 is 0 Å². The van der Waals surface area contributed by atoms with Gasteiger partial charge < -0.3 is 9.42 Å². The lowest BCUT2D eigenvalue weighted by atomic mass is 9.80. The van der Waals surface area contributed by atoms with Gasteiger partial charge >= 0.3 is 0 Å². The molecule has 150 valence electrons. The lowest BCUT2D eigenvalue weighted by Crippen LogP contribution is -2.40. The molecule has 3 heterocycles. The first-order valence-electron chi connectivity index (χ1n) is 9.19. The van der Waals surface area contributed by atoms with Crippen LogP contribution in [-0.4, -0.2) is 64.2 Å². The van der Waals surface area contributed by atoms with Gasteiger partial charge in [-0.3, -0.25) is 9.78 Å². The van der Waals surface area contributed by atoms with Gasteiger partial charge in [0.1, 0.15) is 5.69 Å². The van der Waals surface area contributed by atoms with Gasteiger partial charge in [0.25, 0.3) is 5.91 Å². The maximum atomic E-state index is 12.9. The van der Waals surface area contributed by atoms with Crippen molar-refractivity contribution in [3.05, 3.63) is 36.0 Å². The van der Waals surface area contributed by atoms with Crippen molar-refractivity contribution < 1.29 is 17.7 Å². The molecule has 2 aliphatic rings. The molecule has 28 heavy (non-hydrogen) atoms. The molecule has 2 aromatic rings. The van der Waals surface area contributed by atoms with Gasteiger partial charge in [0.2, 0.25) is 15.9 Å². The van der Waals surface area contributed by atoms with Crippen molar-refractivity contribution in [1.29, 1.82) is 0 Å². The Bertz CT molecular complexity index is 979. The number of fused-ring (bicyclic) bond motifs is 1. The SMILES string of the molecule is CCS(=O)(=O)N[C@@H]1CC2CN(C(=O)c3cnccn3)C[C@@]2(c2nc(C)no2)C1. The van der Waals surface area contributed by atoms with Gasteiger partial charge in [-0.1, -0.05) is 5.16 Å². The molecular weight excluding hydrogens is 384 g/mol. The number of likely N-dealkylation sites (tertiary alicyclic amines) is 1. The number of rotatable bonds is 5. The van der Waals surface area contributed by atoms with E-state index in [1.54, 1.807) is 18.7 Å². The lowest BCUT2D eigenvalue weighted by molar-refractivity contribution is 0.0767. The van der Waals surface area contributed by atoms with Crippen molar-refractivity contribution in [1.82, 2.24) is 29.7 Å². The number of nitrogens with one attached hydrogen (secondary N) is 1. The minimum atomic E-state index is -3.33. The first kappa shape index (κ1) is 18.9. The van der Waals surface area contributed by atoms with Crippen molar-refractivity contribution in [2.24, 2.45) is 5.92 Å². The molecule has 10 nitrogen and oxygen atoms in total. The molecule has 1 saturated heterocycles. The molecule has 2 fully saturated rings. The predicted molar refractivity (Wildman–Crippen MR) is 97.8 cm³/mol. The Morgan fingerprint density at radius 1 is 1.43 bits per heavy atom. The summed E-state index contributed by atoms with van der Waals surface area (Å²) in [5.74, 6) is 0.807. The Kier molecular flexibility index (Phi) is 4.66. The third-order valence-electron chi connectivity index (χ3n) is 5.62. The standard InChI is InChI=1S/C17H22N6O4S/c1-3-28(25,26)22-13-6-12-9-23(15(24)14-8-18-4-5-19-14)10-17(12,7-13)16-20-11(2)21-27-16/h4-5,8,12-13,22H,3,6-7,9-10H2,1-2H3/t12?,13-,17+/m1/s1. The summed E-state index contributed by atoms with van der Waals surface area (Å²) in [6, 6.07) is -0.226. The number of carbonyl (C=O) groups is 1. The Morgan fingerprint density at radius 3 is 2.89 bits per heavy atom. The number of hydrogen-bond donors (Lipinski definition) is 1. The highest BCUT2D eigenvalue weighted by Gasteiger charge is 2.58. The molecule has 1 amide bonds.